The van der Waals surface area contributed by atoms with Crippen LogP contribution in [0.3, 0.4) is 0 Å². The Kier molecular flexibility index (Phi) is 3.34. The number of fused-ring (bicyclic) bond motifs is 1. The van der Waals surface area contributed by atoms with E-state index >= 15 is 0 Å². The molecule has 3 heteroatoms. The summed E-state index contributed by atoms with van der Waals surface area (Å²) in [6, 6.07) is 9.03. The van der Waals surface area contributed by atoms with Crippen molar-refractivity contribution in [1.82, 2.24) is 5.43 Å². The van der Waals surface area contributed by atoms with E-state index in [4.69, 9.17) is 5.84 Å². The molecule has 0 aliphatic carbocycles. The van der Waals surface area contributed by atoms with E-state index in [-0.39, 0.29) is 0 Å². The van der Waals surface area contributed by atoms with Crippen LogP contribution in [0.15, 0.2) is 29.2 Å². The molecular formula is C12H18N2S. The molecule has 1 aliphatic heterocycles. The zero-order valence-electron chi connectivity index (χ0n) is 9.23. The first kappa shape index (κ1) is 11.0. The maximum Gasteiger partial charge on any atom is 0.0359 e. The van der Waals surface area contributed by atoms with Crippen LogP contribution in [0.25, 0.3) is 0 Å². The van der Waals surface area contributed by atoms with E-state index in [1.165, 1.54) is 10.5 Å². The molecule has 0 amide bonds. The lowest BCUT2D eigenvalue weighted by molar-refractivity contribution is 0.395. The van der Waals surface area contributed by atoms with Gasteiger partial charge in [-0.05, 0) is 24.0 Å². The third-order valence-corrected chi connectivity index (χ3v) is 4.40. The molecule has 1 heterocycles. The number of hydrazine groups is 1. The van der Waals surface area contributed by atoms with Crippen LogP contribution in [0.4, 0.5) is 0 Å². The minimum absolute atomic E-state index is 0.391. The fourth-order valence-electron chi connectivity index (χ4n) is 2.14. The van der Waals surface area contributed by atoms with Crippen molar-refractivity contribution < 1.29 is 0 Å². The van der Waals surface area contributed by atoms with Gasteiger partial charge < -0.3 is 0 Å². The van der Waals surface area contributed by atoms with Crippen molar-refractivity contribution in [2.45, 2.75) is 36.5 Å². The highest BCUT2D eigenvalue weighted by Crippen LogP contribution is 2.39. The normalized spacial score (nSPS) is 21.7. The van der Waals surface area contributed by atoms with Crippen molar-refractivity contribution in [1.29, 1.82) is 0 Å². The summed E-state index contributed by atoms with van der Waals surface area (Å²) in [6.07, 6.45) is 1.13. The quantitative estimate of drug-likeness (QED) is 0.608. The monoisotopic (exact) mass is 222 g/mol. The standard InChI is InChI=1S/C12H18N2S/c1-8(2)12(14-13)11-7-9-5-3-4-6-10(9)15-11/h3-6,8,11-12,14H,7,13H2,1-2H3. The van der Waals surface area contributed by atoms with Crippen LogP contribution in [-0.4, -0.2) is 11.3 Å². The number of nitrogens with one attached hydrogen (secondary N) is 1. The van der Waals surface area contributed by atoms with Crippen LogP contribution in [0.1, 0.15) is 19.4 Å². The Labute approximate surface area is 95.6 Å². The predicted octanol–water partition coefficient (Wildman–Crippen LogP) is 2.19. The summed E-state index contributed by atoms with van der Waals surface area (Å²) in [5.41, 5.74) is 4.42. The molecule has 15 heavy (non-hydrogen) atoms. The summed E-state index contributed by atoms with van der Waals surface area (Å²) in [7, 11) is 0. The molecule has 82 valence electrons. The highest BCUT2D eigenvalue weighted by Gasteiger charge is 2.30. The van der Waals surface area contributed by atoms with Crippen molar-refractivity contribution >= 4 is 11.8 Å². The highest BCUT2D eigenvalue weighted by atomic mass is 32.2. The predicted molar refractivity (Wildman–Crippen MR) is 65.7 cm³/mol. The van der Waals surface area contributed by atoms with Crippen molar-refractivity contribution in [2.24, 2.45) is 11.8 Å². The molecule has 0 aromatic heterocycles. The van der Waals surface area contributed by atoms with E-state index in [0.717, 1.165) is 6.42 Å². The third-order valence-electron chi connectivity index (χ3n) is 2.98. The maximum absolute atomic E-state index is 5.63. The molecular weight excluding hydrogens is 204 g/mol. The van der Waals surface area contributed by atoms with Gasteiger partial charge in [0, 0.05) is 16.2 Å². The first-order valence-electron chi connectivity index (χ1n) is 5.43. The number of rotatable bonds is 3. The second-order valence-electron chi connectivity index (χ2n) is 4.40. The van der Waals surface area contributed by atoms with E-state index in [0.29, 0.717) is 17.2 Å². The molecule has 0 bridgehead atoms. The van der Waals surface area contributed by atoms with Gasteiger partial charge in [0.05, 0.1) is 0 Å². The summed E-state index contributed by atoms with van der Waals surface area (Å²) >= 11 is 1.95. The fourth-order valence-corrected chi connectivity index (χ4v) is 3.73. The fraction of sp³-hybridized carbons (Fsp3) is 0.500. The number of hydrogen-bond donors (Lipinski definition) is 2. The topological polar surface area (TPSA) is 38.0 Å². The van der Waals surface area contributed by atoms with E-state index in [2.05, 4.69) is 43.5 Å². The average Bonchev–Trinajstić information content (AvgIpc) is 2.61. The van der Waals surface area contributed by atoms with Gasteiger partial charge in [-0.15, -0.1) is 11.8 Å². The van der Waals surface area contributed by atoms with Gasteiger partial charge in [0.25, 0.3) is 0 Å². The van der Waals surface area contributed by atoms with Crippen LogP contribution in [0.2, 0.25) is 0 Å². The second kappa shape index (κ2) is 4.56. The Morgan fingerprint density at radius 2 is 2.13 bits per heavy atom. The lowest BCUT2D eigenvalue weighted by atomic mass is 9.97. The van der Waals surface area contributed by atoms with Crippen LogP contribution in [0.5, 0.6) is 0 Å². The largest absolute Gasteiger partial charge is 0.271 e. The third kappa shape index (κ3) is 2.19. The van der Waals surface area contributed by atoms with Crippen LogP contribution in [0, 0.1) is 5.92 Å². The van der Waals surface area contributed by atoms with Crippen LogP contribution < -0.4 is 11.3 Å². The molecule has 1 aromatic rings. The molecule has 0 spiro atoms. The SMILES string of the molecule is CC(C)C(NN)C1Cc2ccccc2S1. The van der Waals surface area contributed by atoms with Crippen molar-refractivity contribution in [3.63, 3.8) is 0 Å². The first-order chi connectivity index (χ1) is 7.22. The van der Waals surface area contributed by atoms with Crippen molar-refractivity contribution in [3.05, 3.63) is 29.8 Å². The maximum atomic E-state index is 5.63. The summed E-state index contributed by atoms with van der Waals surface area (Å²) in [5.74, 6) is 6.20. The summed E-state index contributed by atoms with van der Waals surface area (Å²) in [6.45, 7) is 4.43. The highest BCUT2D eigenvalue weighted by molar-refractivity contribution is 8.00. The molecule has 0 fully saturated rings. The zero-order valence-corrected chi connectivity index (χ0v) is 10.1. The minimum atomic E-state index is 0.391. The van der Waals surface area contributed by atoms with E-state index in [1.54, 1.807) is 0 Å². The Bertz CT molecular complexity index is 313. The zero-order chi connectivity index (χ0) is 10.8. The molecule has 2 atom stereocenters. The molecule has 2 unspecified atom stereocenters. The first-order valence-corrected chi connectivity index (χ1v) is 6.31. The molecule has 0 saturated heterocycles. The Morgan fingerprint density at radius 3 is 2.73 bits per heavy atom. The molecule has 0 radical (unpaired) electrons. The van der Waals surface area contributed by atoms with Gasteiger partial charge in [0.2, 0.25) is 0 Å². The Hall–Kier alpha value is -0.510. The van der Waals surface area contributed by atoms with Crippen molar-refractivity contribution in [2.75, 3.05) is 0 Å². The van der Waals surface area contributed by atoms with Gasteiger partial charge in [-0.25, -0.2) is 0 Å². The summed E-state index contributed by atoms with van der Waals surface area (Å²) < 4.78 is 0. The molecule has 1 aliphatic rings. The van der Waals surface area contributed by atoms with Gasteiger partial charge in [0.15, 0.2) is 0 Å². The second-order valence-corrected chi connectivity index (χ2v) is 5.69. The average molecular weight is 222 g/mol. The van der Waals surface area contributed by atoms with E-state index in [9.17, 15) is 0 Å². The van der Waals surface area contributed by atoms with Gasteiger partial charge in [-0.1, -0.05) is 32.0 Å². The molecule has 1 aromatic carbocycles. The van der Waals surface area contributed by atoms with Gasteiger partial charge in [-0.3, -0.25) is 11.3 Å². The van der Waals surface area contributed by atoms with Crippen LogP contribution >= 0.6 is 11.8 Å². The van der Waals surface area contributed by atoms with Crippen LogP contribution in [-0.2, 0) is 6.42 Å². The number of nitrogens with two attached hydrogens (primary N) is 1. The van der Waals surface area contributed by atoms with E-state index in [1.807, 2.05) is 11.8 Å². The molecule has 3 N–H and O–H groups in total. The number of hydrogen-bond acceptors (Lipinski definition) is 3. The Morgan fingerprint density at radius 1 is 1.40 bits per heavy atom. The lowest BCUT2D eigenvalue weighted by Crippen LogP contribution is -2.46. The lowest BCUT2D eigenvalue weighted by Gasteiger charge is -2.25. The van der Waals surface area contributed by atoms with Crippen molar-refractivity contribution in [3.8, 4) is 0 Å². The number of benzene rings is 1. The van der Waals surface area contributed by atoms with Gasteiger partial charge >= 0.3 is 0 Å². The molecule has 2 rings (SSSR count). The van der Waals surface area contributed by atoms with Gasteiger partial charge in [-0.2, -0.15) is 0 Å². The molecule has 0 saturated carbocycles. The minimum Gasteiger partial charge on any atom is -0.271 e. The van der Waals surface area contributed by atoms with E-state index < -0.39 is 0 Å². The molecule has 2 nitrogen and oxygen atoms in total. The van der Waals surface area contributed by atoms with Gasteiger partial charge in [0.1, 0.15) is 0 Å². The number of thioether (sulfide) groups is 1. The summed E-state index contributed by atoms with van der Waals surface area (Å²) in [5, 5.41) is 0.576. The summed E-state index contributed by atoms with van der Waals surface area (Å²) in [4.78, 5) is 1.42. The smallest absolute Gasteiger partial charge is 0.0359 e. The Balaban J connectivity index is 2.12.